The molecule has 3 aromatic carbocycles. The molecule has 3 aromatic rings. The summed E-state index contributed by atoms with van der Waals surface area (Å²) in [6, 6.07) is 20.9. The number of sulfonamides is 1. The van der Waals surface area contributed by atoms with Crippen LogP contribution in [0.1, 0.15) is 37.3 Å². The number of carbonyl (C=O) groups excluding carboxylic acids is 1. The summed E-state index contributed by atoms with van der Waals surface area (Å²) >= 11 is 0. The number of nitrogens with one attached hydrogen (secondary N) is 1. The SMILES string of the molecule is COc1ccc(C(NC(=O)C2CCN(S(=O)(=O)c3ccc4ccccc4c3)CC2)C2CC2)cc1. The molecule has 1 heterocycles. The predicted octanol–water partition coefficient (Wildman–Crippen LogP) is 4.52. The predicted molar refractivity (Wildman–Crippen MR) is 132 cm³/mol. The second-order valence-electron chi connectivity index (χ2n) is 9.28. The van der Waals surface area contributed by atoms with Crippen molar-refractivity contribution in [1.82, 2.24) is 9.62 Å². The van der Waals surface area contributed by atoms with Crippen LogP contribution in [0.15, 0.2) is 71.6 Å². The van der Waals surface area contributed by atoms with Crippen LogP contribution in [0.3, 0.4) is 0 Å². The average Bonchev–Trinajstić information content (AvgIpc) is 3.72. The van der Waals surface area contributed by atoms with E-state index in [4.69, 9.17) is 4.74 Å². The Morgan fingerprint density at radius 1 is 0.941 bits per heavy atom. The van der Waals surface area contributed by atoms with Gasteiger partial charge in [-0.1, -0.05) is 42.5 Å². The lowest BCUT2D eigenvalue weighted by molar-refractivity contribution is -0.127. The maximum Gasteiger partial charge on any atom is 0.243 e. The third-order valence-electron chi connectivity index (χ3n) is 7.05. The second-order valence-corrected chi connectivity index (χ2v) is 11.2. The zero-order chi connectivity index (χ0) is 23.7. The molecule has 6 nitrogen and oxygen atoms in total. The van der Waals surface area contributed by atoms with Gasteiger partial charge in [-0.2, -0.15) is 4.31 Å². The quantitative estimate of drug-likeness (QED) is 0.542. The van der Waals surface area contributed by atoms with Crippen molar-refractivity contribution in [2.24, 2.45) is 11.8 Å². The van der Waals surface area contributed by atoms with E-state index in [2.05, 4.69) is 5.32 Å². The van der Waals surface area contributed by atoms with Crippen molar-refractivity contribution in [1.29, 1.82) is 0 Å². The molecule has 1 N–H and O–H groups in total. The molecular formula is C27H30N2O4S. The molecule has 7 heteroatoms. The van der Waals surface area contributed by atoms with Crippen molar-refractivity contribution in [2.75, 3.05) is 20.2 Å². The Hall–Kier alpha value is -2.90. The highest BCUT2D eigenvalue weighted by atomic mass is 32.2. The smallest absolute Gasteiger partial charge is 0.243 e. The number of piperidine rings is 1. The van der Waals surface area contributed by atoms with Gasteiger partial charge >= 0.3 is 0 Å². The third kappa shape index (κ3) is 4.68. The van der Waals surface area contributed by atoms with Gasteiger partial charge in [-0.05, 0) is 72.2 Å². The normalized spacial score (nSPS) is 18.5. The summed E-state index contributed by atoms with van der Waals surface area (Å²) in [7, 11) is -1.95. The van der Waals surface area contributed by atoms with Gasteiger partial charge in [0.05, 0.1) is 18.0 Å². The standard InChI is InChI=1S/C27H30N2O4S/c1-33-24-11-8-21(9-12-24)26(20-6-7-20)28-27(30)22-14-16-29(17-15-22)34(31,32)25-13-10-19-4-2-3-5-23(19)18-25/h2-5,8-13,18,20,22,26H,6-7,14-17H2,1H3,(H,28,30). The summed E-state index contributed by atoms with van der Waals surface area (Å²) < 4.78 is 33.2. The Kier molecular flexibility index (Phi) is 6.32. The molecular weight excluding hydrogens is 448 g/mol. The Bertz CT molecular complexity index is 1280. The van der Waals surface area contributed by atoms with Crippen molar-refractivity contribution in [2.45, 2.75) is 36.6 Å². The highest BCUT2D eigenvalue weighted by molar-refractivity contribution is 7.89. The molecule has 1 atom stereocenters. The number of ether oxygens (including phenoxy) is 1. The number of rotatable bonds is 7. The lowest BCUT2D eigenvalue weighted by atomic mass is 9.95. The topological polar surface area (TPSA) is 75.7 Å². The molecule has 5 rings (SSSR count). The molecule has 1 amide bonds. The number of nitrogens with zero attached hydrogens (tertiary/aromatic N) is 1. The van der Waals surface area contributed by atoms with Gasteiger partial charge in [0.1, 0.15) is 5.75 Å². The van der Waals surface area contributed by atoms with Crippen molar-refractivity contribution in [3.05, 3.63) is 72.3 Å². The molecule has 0 aromatic heterocycles. The van der Waals surface area contributed by atoms with Crippen LogP contribution in [0.25, 0.3) is 10.8 Å². The van der Waals surface area contributed by atoms with E-state index in [1.54, 1.807) is 19.2 Å². The fourth-order valence-electron chi connectivity index (χ4n) is 4.82. The maximum atomic E-state index is 13.2. The first-order chi connectivity index (χ1) is 16.5. The largest absolute Gasteiger partial charge is 0.497 e. The summed E-state index contributed by atoms with van der Waals surface area (Å²) in [5, 5.41) is 5.18. The van der Waals surface area contributed by atoms with Crippen LogP contribution in [0, 0.1) is 11.8 Å². The lowest BCUT2D eigenvalue weighted by Crippen LogP contribution is -2.43. The van der Waals surface area contributed by atoms with E-state index in [-0.39, 0.29) is 17.9 Å². The van der Waals surface area contributed by atoms with Gasteiger partial charge in [0.2, 0.25) is 15.9 Å². The fraction of sp³-hybridized carbons (Fsp3) is 0.370. The van der Waals surface area contributed by atoms with Gasteiger partial charge in [0.25, 0.3) is 0 Å². The summed E-state index contributed by atoms with van der Waals surface area (Å²) in [6.07, 6.45) is 3.27. The van der Waals surface area contributed by atoms with Crippen LogP contribution >= 0.6 is 0 Å². The van der Waals surface area contributed by atoms with Crippen molar-refractivity contribution >= 4 is 26.7 Å². The third-order valence-corrected chi connectivity index (χ3v) is 8.94. The number of hydrogen-bond acceptors (Lipinski definition) is 4. The van der Waals surface area contributed by atoms with Crippen LogP contribution in [0.2, 0.25) is 0 Å². The molecule has 0 bridgehead atoms. The summed E-state index contributed by atoms with van der Waals surface area (Å²) in [5.41, 5.74) is 1.09. The van der Waals surface area contributed by atoms with Gasteiger partial charge in [0, 0.05) is 19.0 Å². The summed E-state index contributed by atoms with van der Waals surface area (Å²) in [4.78, 5) is 13.4. The Morgan fingerprint density at radius 2 is 1.62 bits per heavy atom. The Morgan fingerprint density at radius 3 is 2.26 bits per heavy atom. The van der Waals surface area contributed by atoms with E-state index in [0.717, 1.165) is 34.9 Å². The zero-order valence-electron chi connectivity index (χ0n) is 19.3. The minimum absolute atomic E-state index is 0.00207. The number of amides is 1. The second kappa shape index (κ2) is 9.39. The number of hydrogen-bond donors (Lipinski definition) is 1. The van der Waals surface area contributed by atoms with Gasteiger partial charge in [-0.25, -0.2) is 8.42 Å². The minimum Gasteiger partial charge on any atom is -0.497 e. The number of benzene rings is 3. The van der Waals surface area contributed by atoms with Gasteiger partial charge < -0.3 is 10.1 Å². The van der Waals surface area contributed by atoms with Crippen LogP contribution in [0.5, 0.6) is 5.75 Å². The molecule has 1 saturated carbocycles. The van der Waals surface area contributed by atoms with E-state index in [1.807, 2.05) is 54.6 Å². The average molecular weight is 479 g/mol. The summed E-state index contributed by atoms with van der Waals surface area (Å²) in [5.74, 6) is 1.10. The first kappa shape index (κ1) is 22.9. The van der Waals surface area contributed by atoms with Gasteiger partial charge in [0.15, 0.2) is 0 Å². The number of carbonyl (C=O) groups is 1. The highest BCUT2D eigenvalue weighted by Gasteiger charge is 2.37. The summed E-state index contributed by atoms with van der Waals surface area (Å²) in [6.45, 7) is 0.702. The van der Waals surface area contributed by atoms with Crippen LogP contribution in [0.4, 0.5) is 0 Å². The van der Waals surface area contributed by atoms with Gasteiger partial charge in [-0.15, -0.1) is 0 Å². The van der Waals surface area contributed by atoms with Gasteiger partial charge in [-0.3, -0.25) is 4.79 Å². The first-order valence-electron chi connectivity index (χ1n) is 11.9. The maximum absolute atomic E-state index is 13.2. The molecule has 1 unspecified atom stereocenters. The molecule has 1 aliphatic heterocycles. The Balaban J connectivity index is 1.23. The minimum atomic E-state index is -3.59. The van der Waals surface area contributed by atoms with Crippen molar-refractivity contribution in [3.8, 4) is 5.75 Å². The van der Waals surface area contributed by atoms with Crippen LogP contribution < -0.4 is 10.1 Å². The molecule has 2 aliphatic rings. The van der Waals surface area contributed by atoms with E-state index >= 15 is 0 Å². The monoisotopic (exact) mass is 478 g/mol. The van der Waals surface area contributed by atoms with Crippen molar-refractivity contribution < 1.29 is 17.9 Å². The fourth-order valence-corrected chi connectivity index (χ4v) is 6.33. The molecule has 1 aliphatic carbocycles. The van der Waals surface area contributed by atoms with E-state index in [1.165, 1.54) is 4.31 Å². The lowest BCUT2D eigenvalue weighted by Gasteiger charge is -2.31. The van der Waals surface area contributed by atoms with Crippen LogP contribution in [-0.4, -0.2) is 38.8 Å². The molecule has 0 radical (unpaired) electrons. The number of methoxy groups -OCH3 is 1. The highest BCUT2D eigenvalue weighted by Crippen LogP contribution is 2.41. The van der Waals surface area contributed by atoms with E-state index in [9.17, 15) is 13.2 Å². The first-order valence-corrected chi connectivity index (χ1v) is 13.3. The van der Waals surface area contributed by atoms with Crippen LogP contribution in [-0.2, 0) is 14.8 Å². The van der Waals surface area contributed by atoms with E-state index < -0.39 is 10.0 Å². The Labute approximate surface area is 201 Å². The molecule has 0 spiro atoms. The molecule has 34 heavy (non-hydrogen) atoms. The molecule has 178 valence electrons. The zero-order valence-corrected chi connectivity index (χ0v) is 20.1. The number of fused-ring (bicyclic) bond motifs is 1. The molecule has 1 saturated heterocycles. The molecule has 2 fully saturated rings. The van der Waals surface area contributed by atoms with Crippen molar-refractivity contribution in [3.63, 3.8) is 0 Å². The van der Waals surface area contributed by atoms with E-state index in [0.29, 0.717) is 36.7 Å².